The van der Waals surface area contributed by atoms with Gasteiger partial charge in [0.1, 0.15) is 0 Å². The van der Waals surface area contributed by atoms with Crippen molar-refractivity contribution in [1.82, 2.24) is 14.9 Å². The van der Waals surface area contributed by atoms with E-state index in [-0.39, 0.29) is 0 Å². The minimum absolute atomic E-state index is 0.756. The molecule has 0 spiro atoms. The Balaban J connectivity index is 1.54. The normalized spacial score (nSPS) is 21.7. The maximum Gasteiger partial charge on any atom is 0.0945 e. The molecule has 0 aromatic carbocycles. The van der Waals surface area contributed by atoms with E-state index in [0.29, 0.717) is 0 Å². The van der Waals surface area contributed by atoms with E-state index in [4.69, 9.17) is 0 Å². The Morgan fingerprint density at radius 2 is 2.53 bits per heavy atom. The van der Waals surface area contributed by atoms with Gasteiger partial charge in [0.15, 0.2) is 0 Å². The van der Waals surface area contributed by atoms with Crippen molar-refractivity contribution >= 4 is 11.8 Å². The molecule has 2 rings (SSSR count). The molecule has 0 saturated carbocycles. The maximum atomic E-state index is 4.03. The highest BCUT2D eigenvalue weighted by molar-refractivity contribution is 7.99. The fourth-order valence-corrected chi connectivity index (χ4v) is 3.00. The Morgan fingerprint density at radius 3 is 3.27 bits per heavy atom. The summed E-state index contributed by atoms with van der Waals surface area (Å²) in [5, 5.41) is 3.63. The number of hydrogen-bond donors (Lipinski definition) is 1. The molecule has 0 bridgehead atoms. The zero-order valence-electron chi connectivity index (χ0n) is 9.06. The van der Waals surface area contributed by atoms with Gasteiger partial charge >= 0.3 is 0 Å². The zero-order chi connectivity index (χ0) is 10.3. The van der Waals surface area contributed by atoms with Crippen LogP contribution < -0.4 is 5.32 Å². The third-order valence-corrected chi connectivity index (χ3v) is 3.96. The van der Waals surface area contributed by atoms with E-state index in [1.165, 1.54) is 30.8 Å². The Morgan fingerprint density at radius 1 is 1.53 bits per heavy atom. The van der Waals surface area contributed by atoms with Gasteiger partial charge in [-0.25, -0.2) is 4.98 Å². The largest absolute Gasteiger partial charge is 0.337 e. The molecule has 1 N–H and O–H groups in total. The first-order valence-corrected chi connectivity index (χ1v) is 6.87. The summed E-state index contributed by atoms with van der Waals surface area (Å²) in [6.45, 7) is 2.20. The molecule has 0 amide bonds. The highest BCUT2D eigenvalue weighted by Gasteiger charge is 2.11. The van der Waals surface area contributed by atoms with E-state index in [2.05, 4.69) is 26.6 Å². The molecule has 1 aliphatic heterocycles. The first-order valence-electron chi connectivity index (χ1n) is 5.72. The summed E-state index contributed by atoms with van der Waals surface area (Å²) in [6.07, 6.45) is 9.68. The Bertz CT molecular complexity index is 255. The van der Waals surface area contributed by atoms with Crippen LogP contribution in [0, 0.1) is 0 Å². The van der Waals surface area contributed by atoms with Crippen molar-refractivity contribution in [1.29, 1.82) is 0 Å². The Hall–Kier alpha value is -0.480. The van der Waals surface area contributed by atoms with Gasteiger partial charge in [0.2, 0.25) is 0 Å². The van der Waals surface area contributed by atoms with Gasteiger partial charge in [0.05, 0.1) is 6.33 Å². The van der Waals surface area contributed by atoms with Gasteiger partial charge in [0, 0.05) is 30.7 Å². The minimum atomic E-state index is 0.756. The highest BCUT2D eigenvalue weighted by Crippen LogP contribution is 2.16. The van der Waals surface area contributed by atoms with E-state index in [0.717, 1.165) is 19.1 Å². The number of hydrogen-bond acceptors (Lipinski definition) is 3. The Kier molecular flexibility index (Phi) is 4.54. The summed E-state index contributed by atoms with van der Waals surface area (Å²) in [5.74, 6) is 2.65. The van der Waals surface area contributed by atoms with Crippen LogP contribution in [0.2, 0.25) is 0 Å². The van der Waals surface area contributed by atoms with E-state index in [1.54, 1.807) is 0 Å². The van der Waals surface area contributed by atoms with Crippen molar-refractivity contribution in [2.24, 2.45) is 0 Å². The van der Waals surface area contributed by atoms with Crippen LogP contribution in [0.25, 0.3) is 0 Å². The van der Waals surface area contributed by atoms with Crippen LogP contribution in [-0.2, 0) is 6.54 Å². The summed E-state index contributed by atoms with van der Waals surface area (Å²) in [7, 11) is 0. The topological polar surface area (TPSA) is 29.9 Å². The van der Waals surface area contributed by atoms with Crippen molar-refractivity contribution < 1.29 is 0 Å². The quantitative estimate of drug-likeness (QED) is 0.774. The molecule has 1 aliphatic rings. The summed E-state index contributed by atoms with van der Waals surface area (Å²) < 4.78 is 2.14. The monoisotopic (exact) mass is 225 g/mol. The maximum absolute atomic E-state index is 4.03. The molecule has 1 fully saturated rings. The zero-order valence-corrected chi connectivity index (χ0v) is 9.88. The van der Waals surface area contributed by atoms with Gasteiger partial charge < -0.3 is 9.88 Å². The van der Waals surface area contributed by atoms with E-state index >= 15 is 0 Å². The SMILES string of the molecule is c1cn(CCCN[C@H]2CCCSC2)cn1. The van der Waals surface area contributed by atoms with Crippen LogP contribution in [0.4, 0.5) is 0 Å². The van der Waals surface area contributed by atoms with Crippen LogP contribution in [0.1, 0.15) is 19.3 Å². The molecule has 84 valence electrons. The van der Waals surface area contributed by atoms with Crippen molar-refractivity contribution in [2.45, 2.75) is 31.8 Å². The third-order valence-electron chi connectivity index (χ3n) is 2.75. The standard InChI is InChI=1S/C11H19N3S/c1-3-11(9-15-8-1)13-4-2-6-14-7-5-12-10-14/h5,7,10-11,13H,1-4,6,8-9H2/t11-/m0/s1. The lowest BCUT2D eigenvalue weighted by molar-refractivity contribution is 0.485. The van der Waals surface area contributed by atoms with E-state index in [9.17, 15) is 0 Å². The van der Waals surface area contributed by atoms with Gasteiger partial charge in [-0.05, 0) is 31.6 Å². The molecule has 4 heteroatoms. The molecular formula is C11H19N3S. The fraction of sp³-hybridized carbons (Fsp3) is 0.727. The smallest absolute Gasteiger partial charge is 0.0945 e. The molecule has 1 aromatic heterocycles. The molecule has 1 saturated heterocycles. The highest BCUT2D eigenvalue weighted by atomic mass is 32.2. The molecule has 2 heterocycles. The van der Waals surface area contributed by atoms with Crippen molar-refractivity contribution in [3.05, 3.63) is 18.7 Å². The predicted octanol–water partition coefficient (Wildman–Crippen LogP) is 1.76. The predicted molar refractivity (Wildman–Crippen MR) is 65.2 cm³/mol. The second-order valence-corrected chi connectivity index (χ2v) is 5.17. The van der Waals surface area contributed by atoms with E-state index in [1.807, 2.05) is 18.7 Å². The van der Waals surface area contributed by atoms with Crippen LogP contribution in [-0.4, -0.2) is 33.6 Å². The number of rotatable bonds is 5. The number of imidazole rings is 1. The minimum Gasteiger partial charge on any atom is -0.337 e. The summed E-state index contributed by atoms with van der Waals surface area (Å²) in [5.41, 5.74) is 0. The van der Waals surface area contributed by atoms with Gasteiger partial charge in [-0.3, -0.25) is 0 Å². The average Bonchev–Trinajstić information content (AvgIpc) is 2.79. The first-order chi connectivity index (χ1) is 7.45. The van der Waals surface area contributed by atoms with Gasteiger partial charge in [-0.15, -0.1) is 0 Å². The summed E-state index contributed by atoms with van der Waals surface area (Å²) >= 11 is 2.08. The number of aromatic nitrogens is 2. The fourth-order valence-electron chi connectivity index (χ4n) is 1.89. The summed E-state index contributed by atoms with van der Waals surface area (Å²) in [6, 6.07) is 0.756. The molecule has 1 aromatic rings. The van der Waals surface area contributed by atoms with Crippen LogP contribution in [0.15, 0.2) is 18.7 Å². The second kappa shape index (κ2) is 6.18. The Labute approximate surface area is 95.7 Å². The molecule has 3 nitrogen and oxygen atoms in total. The number of thioether (sulfide) groups is 1. The molecular weight excluding hydrogens is 206 g/mol. The van der Waals surface area contributed by atoms with Crippen LogP contribution >= 0.6 is 11.8 Å². The van der Waals surface area contributed by atoms with Crippen molar-refractivity contribution in [3.63, 3.8) is 0 Å². The van der Waals surface area contributed by atoms with Gasteiger partial charge in [-0.2, -0.15) is 11.8 Å². The van der Waals surface area contributed by atoms with Gasteiger partial charge in [-0.1, -0.05) is 0 Å². The van der Waals surface area contributed by atoms with Crippen LogP contribution in [0.3, 0.4) is 0 Å². The summed E-state index contributed by atoms with van der Waals surface area (Å²) in [4.78, 5) is 4.03. The van der Waals surface area contributed by atoms with Gasteiger partial charge in [0.25, 0.3) is 0 Å². The van der Waals surface area contributed by atoms with Crippen molar-refractivity contribution in [2.75, 3.05) is 18.1 Å². The average molecular weight is 225 g/mol. The number of nitrogens with one attached hydrogen (secondary N) is 1. The molecule has 0 radical (unpaired) electrons. The van der Waals surface area contributed by atoms with Crippen LogP contribution in [0.5, 0.6) is 0 Å². The number of nitrogens with zero attached hydrogens (tertiary/aromatic N) is 2. The second-order valence-electron chi connectivity index (χ2n) is 4.02. The molecule has 1 atom stereocenters. The lowest BCUT2D eigenvalue weighted by Crippen LogP contribution is -2.34. The molecule has 0 unspecified atom stereocenters. The third kappa shape index (κ3) is 3.87. The lowest BCUT2D eigenvalue weighted by atomic mass is 10.2. The number of aryl methyl sites for hydroxylation is 1. The lowest BCUT2D eigenvalue weighted by Gasteiger charge is -2.22. The molecule has 15 heavy (non-hydrogen) atoms. The first kappa shape index (κ1) is 11.0. The van der Waals surface area contributed by atoms with E-state index < -0.39 is 0 Å². The van der Waals surface area contributed by atoms with Crippen molar-refractivity contribution in [3.8, 4) is 0 Å². The molecule has 0 aliphatic carbocycles.